The summed E-state index contributed by atoms with van der Waals surface area (Å²) in [6, 6.07) is 0. The van der Waals surface area contributed by atoms with Crippen molar-refractivity contribution in [2.45, 2.75) is 41.7 Å². The van der Waals surface area contributed by atoms with Crippen molar-refractivity contribution >= 4 is 28.2 Å². The van der Waals surface area contributed by atoms with Gasteiger partial charge in [-0.15, -0.1) is 10.2 Å². The maximum Gasteiger partial charge on any atom is 0.208 e. The van der Waals surface area contributed by atoms with Crippen LogP contribution in [0, 0.1) is 5.92 Å². The minimum atomic E-state index is 0.625. The van der Waals surface area contributed by atoms with E-state index in [9.17, 15) is 0 Å². The number of hydrogen-bond acceptors (Lipinski definition) is 6. The van der Waals surface area contributed by atoms with Crippen LogP contribution in [-0.4, -0.2) is 36.1 Å². The quantitative estimate of drug-likeness (QED) is 0.862. The number of hydrogen-bond donors (Lipinski definition) is 1. The largest absolute Gasteiger partial charge is 0.353 e. The molecule has 0 amide bonds. The van der Waals surface area contributed by atoms with Crippen molar-refractivity contribution in [2.24, 2.45) is 11.7 Å². The molecule has 1 aromatic rings. The van der Waals surface area contributed by atoms with E-state index in [1.54, 1.807) is 11.3 Å². The van der Waals surface area contributed by atoms with Crippen molar-refractivity contribution < 1.29 is 0 Å². The predicted octanol–water partition coefficient (Wildman–Crippen LogP) is 2.60. The maximum absolute atomic E-state index is 5.92. The number of aromatic nitrogens is 2. The van der Waals surface area contributed by atoms with Crippen LogP contribution in [0.2, 0.25) is 0 Å². The predicted molar refractivity (Wildman–Crippen MR) is 79.5 cm³/mol. The van der Waals surface area contributed by atoms with Crippen LogP contribution in [0.5, 0.6) is 0 Å². The van der Waals surface area contributed by atoms with Gasteiger partial charge in [0.15, 0.2) is 4.34 Å². The van der Waals surface area contributed by atoms with Crippen LogP contribution in [0.3, 0.4) is 0 Å². The molecule has 0 aromatic carbocycles. The van der Waals surface area contributed by atoms with Gasteiger partial charge in [0, 0.05) is 19.3 Å². The van der Waals surface area contributed by atoms with Gasteiger partial charge < -0.3 is 10.6 Å². The number of rotatable bonds is 4. The molecule has 102 valence electrons. The van der Waals surface area contributed by atoms with Crippen molar-refractivity contribution in [1.29, 1.82) is 0 Å². The van der Waals surface area contributed by atoms with Crippen molar-refractivity contribution in [1.82, 2.24) is 10.2 Å². The lowest BCUT2D eigenvalue weighted by molar-refractivity contribution is 0.483. The number of anilines is 1. The third-order valence-corrected chi connectivity index (χ3v) is 6.05. The van der Waals surface area contributed by atoms with E-state index in [1.165, 1.54) is 32.1 Å². The molecule has 1 aliphatic carbocycles. The Kier molecular flexibility index (Phi) is 5.26. The molecule has 1 saturated carbocycles. The van der Waals surface area contributed by atoms with Gasteiger partial charge in [0.25, 0.3) is 0 Å². The summed E-state index contributed by atoms with van der Waals surface area (Å²) >= 11 is 3.57. The monoisotopic (exact) mass is 286 g/mol. The lowest BCUT2D eigenvalue weighted by Gasteiger charge is -2.21. The molecule has 0 saturated heterocycles. The second-order valence-corrected chi connectivity index (χ2v) is 7.48. The second kappa shape index (κ2) is 6.73. The van der Waals surface area contributed by atoms with Gasteiger partial charge in [-0.3, -0.25) is 0 Å². The van der Waals surface area contributed by atoms with Crippen molar-refractivity contribution in [3.8, 4) is 0 Å². The molecular formula is C12H22N4S2. The lowest BCUT2D eigenvalue weighted by atomic mass is 10.0. The van der Waals surface area contributed by atoms with Crippen LogP contribution >= 0.6 is 23.1 Å². The first kappa shape index (κ1) is 14.1. The second-order valence-electron chi connectivity index (χ2n) is 5.04. The topological polar surface area (TPSA) is 55.0 Å². The standard InChI is InChI=1S/C12H22N4S2/c1-16(2)11-14-15-12(18-11)17-10-7-5-3-4-6-9(10)8-13/h9-10H,3-8,13H2,1-2H3. The summed E-state index contributed by atoms with van der Waals surface area (Å²) in [6.07, 6.45) is 6.55. The minimum absolute atomic E-state index is 0.625. The smallest absolute Gasteiger partial charge is 0.208 e. The van der Waals surface area contributed by atoms with E-state index in [0.29, 0.717) is 11.2 Å². The normalized spacial score (nSPS) is 24.8. The summed E-state index contributed by atoms with van der Waals surface area (Å²) < 4.78 is 1.09. The number of thioether (sulfide) groups is 1. The van der Waals surface area contributed by atoms with Crippen LogP contribution in [0.15, 0.2) is 4.34 Å². The Labute approximate surface area is 117 Å². The number of nitrogens with two attached hydrogens (primary N) is 1. The SMILES string of the molecule is CN(C)c1nnc(SC2CCCCCC2CN)s1. The Bertz CT molecular complexity index is 367. The Balaban J connectivity index is 2.00. The third kappa shape index (κ3) is 3.59. The van der Waals surface area contributed by atoms with Gasteiger partial charge in [0.2, 0.25) is 5.13 Å². The fourth-order valence-corrected chi connectivity index (χ4v) is 4.70. The molecule has 0 radical (unpaired) electrons. The molecule has 18 heavy (non-hydrogen) atoms. The van der Waals surface area contributed by atoms with Gasteiger partial charge in [0.05, 0.1) is 0 Å². The van der Waals surface area contributed by atoms with Crippen molar-refractivity contribution in [3.63, 3.8) is 0 Å². The molecule has 6 heteroatoms. The molecule has 0 spiro atoms. The third-order valence-electron chi connectivity index (χ3n) is 3.42. The molecule has 2 unspecified atom stereocenters. The van der Waals surface area contributed by atoms with E-state index in [2.05, 4.69) is 10.2 Å². The Hall–Kier alpha value is -0.330. The Morgan fingerprint density at radius 3 is 2.72 bits per heavy atom. The van der Waals surface area contributed by atoms with E-state index in [-0.39, 0.29) is 0 Å². The van der Waals surface area contributed by atoms with E-state index in [0.717, 1.165) is 16.0 Å². The molecule has 2 atom stereocenters. The molecule has 0 bridgehead atoms. The average Bonchev–Trinajstić information content (AvgIpc) is 2.70. The first-order chi connectivity index (χ1) is 8.70. The number of nitrogens with zero attached hydrogens (tertiary/aromatic N) is 3. The van der Waals surface area contributed by atoms with Gasteiger partial charge in [-0.2, -0.15) is 0 Å². The van der Waals surface area contributed by atoms with Gasteiger partial charge >= 0.3 is 0 Å². The molecule has 2 N–H and O–H groups in total. The molecule has 4 nitrogen and oxygen atoms in total. The van der Waals surface area contributed by atoms with Crippen LogP contribution in [-0.2, 0) is 0 Å². The highest BCUT2D eigenvalue weighted by Gasteiger charge is 2.25. The van der Waals surface area contributed by atoms with E-state index in [1.807, 2.05) is 30.8 Å². The lowest BCUT2D eigenvalue weighted by Crippen LogP contribution is -2.24. The van der Waals surface area contributed by atoms with E-state index < -0.39 is 0 Å². The first-order valence-corrected chi connectivity index (χ1v) is 8.28. The van der Waals surface area contributed by atoms with Gasteiger partial charge in [-0.05, 0) is 25.3 Å². The molecule has 1 aliphatic rings. The van der Waals surface area contributed by atoms with Crippen LogP contribution in [0.1, 0.15) is 32.1 Å². The highest BCUT2D eigenvalue weighted by Crippen LogP contribution is 2.38. The summed E-state index contributed by atoms with van der Waals surface area (Å²) in [5.74, 6) is 0.643. The zero-order valence-electron chi connectivity index (χ0n) is 11.1. The summed E-state index contributed by atoms with van der Waals surface area (Å²) in [4.78, 5) is 2.01. The summed E-state index contributed by atoms with van der Waals surface area (Å²) in [5.41, 5.74) is 5.92. The van der Waals surface area contributed by atoms with E-state index >= 15 is 0 Å². The fraction of sp³-hybridized carbons (Fsp3) is 0.833. The maximum atomic E-state index is 5.92. The highest BCUT2D eigenvalue weighted by molar-refractivity contribution is 8.01. The van der Waals surface area contributed by atoms with Gasteiger partial charge in [-0.25, -0.2) is 0 Å². The van der Waals surface area contributed by atoms with Crippen LogP contribution in [0.25, 0.3) is 0 Å². The van der Waals surface area contributed by atoms with Crippen molar-refractivity contribution in [2.75, 3.05) is 25.5 Å². The van der Waals surface area contributed by atoms with Gasteiger partial charge in [0.1, 0.15) is 0 Å². The first-order valence-electron chi connectivity index (χ1n) is 6.58. The van der Waals surface area contributed by atoms with Gasteiger partial charge in [-0.1, -0.05) is 42.4 Å². The summed E-state index contributed by atoms with van der Waals surface area (Å²) in [5, 5.41) is 10.1. The zero-order valence-corrected chi connectivity index (χ0v) is 12.8. The molecule has 0 aliphatic heterocycles. The van der Waals surface area contributed by atoms with E-state index in [4.69, 9.17) is 5.73 Å². The molecule has 1 fully saturated rings. The summed E-state index contributed by atoms with van der Waals surface area (Å²) in [7, 11) is 4.01. The van der Waals surface area contributed by atoms with Crippen LogP contribution < -0.4 is 10.6 Å². The minimum Gasteiger partial charge on any atom is -0.353 e. The Morgan fingerprint density at radius 1 is 1.28 bits per heavy atom. The zero-order chi connectivity index (χ0) is 13.0. The van der Waals surface area contributed by atoms with Crippen LogP contribution in [0.4, 0.5) is 5.13 Å². The molecular weight excluding hydrogens is 264 g/mol. The summed E-state index contributed by atoms with van der Waals surface area (Å²) in [6.45, 7) is 0.803. The fourth-order valence-electron chi connectivity index (χ4n) is 2.34. The highest BCUT2D eigenvalue weighted by atomic mass is 32.2. The van der Waals surface area contributed by atoms with Crippen molar-refractivity contribution in [3.05, 3.63) is 0 Å². The molecule has 1 aromatic heterocycles. The molecule has 2 rings (SSSR count). The average molecular weight is 286 g/mol. The Morgan fingerprint density at radius 2 is 2.06 bits per heavy atom. The molecule has 1 heterocycles.